The molecule has 0 atom stereocenters. The predicted molar refractivity (Wildman–Crippen MR) is 103 cm³/mol. The Morgan fingerprint density at radius 3 is 2.48 bits per heavy atom. The molecule has 0 unspecified atom stereocenters. The molecule has 0 aliphatic heterocycles. The van der Waals surface area contributed by atoms with E-state index in [0.717, 1.165) is 22.5 Å². The second kappa shape index (κ2) is 6.92. The van der Waals surface area contributed by atoms with Crippen molar-refractivity contribution < 1.29 is 9.32 Å². The van der Waals surface area contributed by atoms with Crippen molar-refractivity contribution in [3.8, 4) is 17.0 Å². The number of para-hydroxylation sites is 1. The minimum atomic E-state index is -0.353. The normalized spacial score (nSPS) is 10.7. The molecule has 2 heterocycles. The number of carbonyl (C=O) groups is 1. The van der Waals surface area contributed by atoms with Crippen LogP contribution >= 0.6 is 0 Å². The van der Waals surface area contributed by atoms with E-state index in [1.807, 2.05) is 74.5 Å². The summed E-state index contributed by atoms with van der Waals surface area (Å²) in [4.78, 5) is 12.6. The topological polar surface area (TPSA) is 73.0 Å². The summed E-state index contributed by atoms with van der Waals surface area (Å²) in [5, 5.41) is 11.2. The van der Waals surface area contributed by atoms with Crippen molar-refractivity contribution in [3.63, 3.8) is 0 Å². The number of aryl methyl sites for hydroxylation is 2. The molecular weight excluding hydrogens is 340 g/mol. The van der Waals surface area contributed by atoms with E-state index in [2.05, 4.69) is 15.6 Å². The van der Waals surface area contributed by atoms with Gasteiger partial charge in [-0.05, 0) is 26.0 Å². The Morgan fingerprint density at radius 1 is 1.00 bits per heavy atom. The molecule has 0 bridgehead atoms. The molecule has 1 N–H and O–H groups in total. The van der Waals surface area contributed by atoms with E-state index in [9.17, 15) is 4.79 Å². The summed E-state index contributed by atoms with van der Waals surface area (Å²) in [6.45, 7) is 3.89. The molecule has 4 aromatic rings. The van der Waals surface area contributed by atoms with Gasteiger partial charge in [0.05, 0.1) is 11.4 Å². The van der Waals surface area contributed by atoms with Crippen LogP contribution in [0.5, 0.6) is 0 Å². The Hall–Kier alpha value is -3.67. The fourth-order valence-electron chi connectivity index (χ4n) is 2.77. The van der Waals surface area contributed by atoms with Gasteiger partial charge in [0.15, 0.2) is 11.5 Å². The molecule has 2 aromatic heterocycles. The van der Waals surface area contributed by atoms with Gasteiger partial charge in [0.1, 0.15) is 5.82 Å². The highest BCUT2D eigenvalue weighted by atomic mass is 16.5. The molecule has 0 aliphatic rings. The van der Waals surface area contributed by atoms with Crippen LogP contribution in [0.4, 0.5) is 5.82 Å². The Balaban J connectivity index is 1.58. The van der Waals surface area contributed by atoms with E-state index in [1.54, 1.807) is 10.7 Å². The molecule has 6 heteroatoms. The van der Waals surface area contributed by atoms with Gasteiger partial charge in [-0.3, -0.25) is 4.79 Å². The minimum Gasteiger partial charge on any atom is -0.355 e. The highest BCUT2D eigenvalue weighted by Gasteiger charge is 2.17. The van der Waals surface area contributed by atoms with Gasteiger partial charge in [0, 0.05) is 17.7 Å². The zero-order valence-corrected chi connectivity index (χ0v) is 15.0. The van der Waals surface area contributed by atoms with Crippen LogP contribution in [0, 0.1) is 13.8 Å². The van der Waals surface area contributed by atoms with Crippen LogP contribution in [-0.4, -0.2) is 20.8 Å². The Labute approximate surface area is 156 Å². The summed E-state index contributed by atoms with van der Waals surface area (Å²) in [5.41, 5.74) is 3.90. The second-order valence-corrected chi connectivity index (χ2v) is 6.31. The van der Waals surface area contributed by atoms with E-state index >= 15 is 0 Å². The average Bonchev–Trinajstić information content (AvgIpc) is 3.30. The average molecular weight is 358 g/mol. The summed E-state index contributed by atoms with van der Waals surface area (Å²) < 4.78 is 7.02. The zero-order chi connectivity index (χ0) is 18.8. The first-order valence-corrected chi connectivity index (χ1v) is 8.57. The third-order valence-electron chi connectivity index (χ3n) is 4.15. The maximum atomic E-state index is 12.6. The van der Waals surface area contributed by atoms with E-state index in [4.69, 9.17) is 4.52 Å². The smallest absolute Gasteiger partial charge is 0.279 e. The number of rotatable bonds is 4. The van der Waals surface area contributed by atoms with E-state index in [1.165, 1.54) is 0 Å². The lowest BCUT2D eigenvalue weighted by Gasteiger charge is -2.07. The maximum absolute atomic E-state index is 12.6. The molecule has 0 spiro atoms. The Kier molecular flexibility index (Phi) is 4.30. The van der Waals surface area contributed by atoms with Crippen LogP contribution in [0.3, 0.4) is 0 Å². The molecule has 1 amide bonds. The third-order valence-corrected chi connectivity index (χ3v) is 4.15. The van der Waals surface area contributed by atoms with Crippen molar-refractivity contribution in [2.24, 2.45) is 0 Å². The van der Waals surface area contributed by atoms with Crippen molar-refractivity contribution >= 4 is 11.7 Å². The number of aromatic nitrogens is 3. The summed E-state index contributed by atoms with van der Waals surface area (Å²) in [6.07, 6.45) is 0. The molecule has 134 valence electrons. The number of nitrogens with zero attached hydrogens (tertiary/aromatic N) is 3. The standard InChI is InChI=1S/C21H18N4O2/c1-14-8-10-16(11-9-14)19-13-18(24-27-19)21(26)22-20-12-15(2)23-25(20)17-6-4-3-5-7-17/h3-13H,1-2H3,(H,22,26). The fraction of sp³-hybridized carbons (Fsp3) is 0.0952. The zero-order valence-electron chi connectivity index (χ0n) is 15.0. The first kappa shape index (κ1) is 16.8. The van der Waals surface area contributed by atoms with Gasteiger partial charge in [-0.2, -0.15) is 5.10 Å². The molecule has 0 aliphatic carbocycles. The summed E-state index contributed by atoms with van der Waals surface area (Å²) in [7, 11) is 0. The lowest BCUT2D eigenvalue weighted by molar-refractivity contribution is 0.101. The quantitative estimate of drug-likeness (QED) is 0.587. The summed E-state index contributed by atoms with van der Waals surface area (Å²) >= 11 is 0. The van der Waals surface area contributed by atoms with Crippen molar-refractivity contribution in [2.75, 3.05) is 5.32 Å². The van der Waals surface area contributed by atoms with Crippen LogP contribution in [0.2, 0.25) is 0 Å². The number of hydrogen-bond acceptors (Lipinski definition) is 4. The van der Waals surface area contributed by atoms with Gasteiger partial charge < -0.3 is 9.84 Å². The lowest BCUT2D eigenvalue weighted by atomic mass is 10.1. The molecule has 2 aromatic carbocycles. The monoisotopic (exact) mass is 358 g/mol. The van der Waals surface area contributed by atoms with Gasteiger partial charge in [-0.25, -0.2) is 4.68 Å². The number of hydrogen-bond donors (Lipinski definition) is 1. The number of carbonyl (C=O) groups excluding carboxylic acids is 1. The Bertz CT molecular complexity index is 1080. The first-order valence-electron chi connectivity index (χ1n) is 8.57. The van der Waals surface area contributed by atoms with Crippen LogP contribution in [-0.2, 0) is 0 Å². The van der Waals surface area contributed by atoms with Gasteiger partial charge in [0.2, 0.25) is 0 Å². The maximum Gasteiger partial charge on any atom is 0.279 e. The molecule has 4 rings (SSSR count). The molecule has 0 radical (unpaired) electrons. The molecule has 6 nitrogen and oxygen atoms in total. The highest BCUT2D eigenvalue weighted by molar-refractivity contribution is 6.03. The SMILES string of the molecule is Cc1ccc(-c2cc(C(=O)Nc3cc(C)nn3-c3ccccc3)no2)cc1. The second-order valence-electron chi connectivity index (χ2n) is 6.31. The molecule has 0 fully saturated rings. The van der Waals surface area contributed by atoms with Gasteiger partial charge >= 0.3 is 0 Å². The largest absolute Gasteiger partial charge is 0.355 e. The number of benzene rings is 2. The van der Waals surface area contributed by atoms with E-state index in [0.29, 0.717) is 11.6 Å². The van der Waals surface area contributed by atoms with Gasteiger partial charge in [-0.15, -0.1) is 0 Å². The molecule has 0 saturated carbocycles. The lowest BCUT2D eigenvalue weighted by Crippen LogP contribution is -2.15. The Morgan fingerprint density at radius 2 is 1.74 bits per heavy atom. The fourth-order valence-corrected chi connectivity index (χ4v) is 2.77. The van der Waals surface area contributed by atoms with Crippen molar-refractivity contribution in [1.29, 1.82) is 0 Å². The van der Waals surface area contributed by atoms with E-state index < -0.39 is 0 Å². The van der Waals surface area contributed by atoms with Crippen molar-refractivity contribution in [1.82, 2.24) is 14.9 Å². The number of nitrogens with one attached hydrogen (secondary N) is 1. The van der Waals surface area contributed by atoms with Gasteiger partial charge in [0.25, 0.3) is 5.91 Å². The molecule has 27 heavy (non-hydrogen) atoms. The van der Waals surface area contributed by atoms with Crippen molar-refractivity contribution in [3.05, 3.63) is 83.7 Å². The van der Waals surface area contributed by atoms with Crippen LogP contribution in [0.15, 0.2) is 71.3 Å². The number of anilines is 1. The molecular formula is C21H18N4O2. The van der Waals surface area contributed by atoms with Gasteiger partial charge in [-0.1, -0.05) is 53.2 Å². The van der Waals surface area contributed by atoms with E-state index in [-0.39, 0.29) is 11.6 Å². The summed E-state index contributed by atoms with van der Waals surface area (Å²) in [5.74, 6) is 0.769. The minimum absolute atomic E-state index is 0.212. The number of amides is 1. The molecule has 0 saturated heterocycles. The van der Waals surface area contributed by atoms with Crippen LogP contribution in [0.25, 0.3) is 17.0 Å². The summed E-state index contributed by atoms with van der Waals surface area (Å²) in [6, 6.07) is 20.9. The first-order chi connectivity index (χ1) is 13.1. The van der Waals surface area contributed by atoms with Crippen LogP contribution < -0.4 is 5.32 Å². The highest BCUT2D eigenvalue weighted by Crippen LogP contribution is 2.22. The third kappa shape index (κ3) is 3.50. The van der Waals surface area contributed by atoms with Crippen molar-refractivity contribution in [2.45, 2.75) is 13.8 Å². The van der Waals surface area contributed by atoms with Crippen LogP contribution in [0.1, 0.15) is 21.7 Å². The predicted octanol–water partition coefficient (Wildman–Crippen LogP) is 4.40.